The van der Waals surface area contributed by atoms with Gasteiger partial charge in [0, 0.05) is 5.56 Å². The van der Waals surface area contributed by atoms with Crippen LogP contribution in [0.4, 0.5) is 5.69 Å². The van der Waals surface area contributed by atoms with Crippen LogP contribution in [0.15, 0.2) is 48.5 Å². The molecule has 0 amide bonds. The second-order valence-corrected chi connectivity index (χ2v) is 4.20. The van der Waals surface area contributed by atoms with Crippen molar-refractivity contribution in [3.63, 3.8) is 0 Å². The number of hydrogen-bond donors (Lipinski definition) is 1. The van der Waals surface area contributed by atoms with Crippen LogP contribution in [-0.4, -0.2) is 0 Å². The maximum absolute atomic E-state index is 5.93. The minimum Gasteiger partial charge on any atom is -0.397 e. The summed E-state index contributed by atoms with van der Waals surface area (Å²) in [5, 5.41) is 0.575. The molecule has 2 aromatic carbocycles. The van der Waals surface area contributed by atoms with Gasteiger partial charge in [0.15, 0.2) is 0 Å². The number of ether oxygens (including phenoxy) is 1. The quantitative estimate of drug-likeness (QED) is 0.838. The molecule has 0 heterocycles. The van der Waals surface area contributed by atoms with E-state index in [4.69, 9.17) is 22.1 Å². The molecule has 0 unspecified atom stereocenters. The highest BCUT2D eigenvalue weighted by atomic mass is 35.5. The number of nitrogen functional groups attached to an aromatic ring is 1. The lowest BCUT2D eigenvalue weighted by Crippen LogP contribution is -1.99. The normalized spacial score (nSPS) is 10.4. The summed E-state index contributed by atoms with van der Waals surface area (Å²) in [6.07, 6.45) is 0. The van der Waals surface area contributed by atoms with Crippen LogP contribution in [0, 0.1) is 0 Å². The van der Waals surface area contributed by atoms with Crippen molar-refractivity contribution < 1.29 is 4.74 Å². The topological polar surface area (TPSA) is 35.2 Å². The number of hydrogen-bond acceptors (Lipinski definition) is 2. The third kappa shape index (κ3) is 3.22. The highest BCUT2D eigenvalue weighted by molar-refractivity contribution is 6.33. The molecule has 0 spiro atoms. The molecule has 0 aliphatic heterocycles. The summed E-state index contributed by atoms with van der Waals surface area (Å²) < 4.78 is 5.60. The van der Waals surface area contributed by atoms with Gasteiger partial charge in [-0.05, 0) is 11.6 Å². The first kappa shape index (κ1) is 12.0. The van der Waals surface area contributed by atoms with Crippen molar-refractivity contribution >= 4 is 17.3 Å². The minimum atomic E-state index is 0.473. The molecule has 0 aliphatic rings. The maximum atomic E-state index is 5.93. The Balaban J connectivity index is 1.93. The first-order valence-electron chi connectivity index (χ1n) is 5.42. The van der Waals surface area contributed by atoms with Gasteiger partial charge in [-0.2, -0.15) is 0 Å². The van der Waals surface area contributed by atoms with Crippen LogP contribution in [0.3, 0.4) is 0 Å². The summed E-state index contributed by atoms with van der Waals surface area (Å²) in [6, 6.07) is 15.6. The summed E-state index contributed by atoms with van der Waals surface area (Å²) in [6.45, 7) is 1.05. The Hall–Kier alpha value is -1.51. The van der Waals surface area contributed by atoms with E-state index in [1.807, 2.05) is 42.5 Å². The number of rotatable bonds is 4. The van der Waals surface area contributed by atoms with Gasteiger partial charge in [-0.1, -0.05) is 54.1 Å². The van der Waals surface area contributed by atoms with E-state index in [0.717, 1.165) is 11.1 Å². The lowest BCUT2D eigenvalue weighted by molar-refractivity contribution is 0.107. The molecule has 0 saturated heterocycles. The summed E-state index contributed by atoms with van der Waals surface area (Å²) >= 11 is 5.93. The number of para-hydroxylation sites is 1. The monoisotopic (exact) mass is 247 g/mol. The average Bonchev–Trinajstić information content (AvgIpc) is 2.36. The molecular formula is C14H14ClNO. The van der Waals surface area contributed by atoms with Gasteiger partial charge in [-0.15, -0.1) is 0 Å². The predicted octanol–water partition coefficient (Wildman–Crippen LogP) is 3.64. The number of nitrogens with two attached hydrogens (primary N) is 1. The third-order valence-corrected chi connectivity index (χ3v) is 2.84. The third-order valence-electron chi connectivity index (χ3n) is 2.51. The molecule has 2 N–H and O–H groups in total. The second-order valence-electron chi connectivity index (χ2n) is 3.79. The standard InChI is InChI=1S/C14H14ClNO/c15-13-8-4-7-12(14(13)16)10-17-9-11-5-2-1-3-6-11/h1-8H,9-10,16H2. The van der Waals surface area contributed by atoms with Crippen molar-refractivity contribution in [2.75, 3.05) is 5.73 Å². The van der Waals surface area contributed by atoms with Gasteiger partial charge in [0.1, 0.15) is 0 Å². The van der Waals surface area contributed by atoms with Crippen LogP contribution in [0.5, 0.6) is 0 Å². The molecule has 17 heavy (non-hydrogen) atoms. The van der Waals surface area contributed by atoms with Gasteiger partial charge in [0.25, 0.3) is 0 Å². The molecule has 0 aromatic heterocycles. The van der Waals surface area contributed by atoms with E-state index in [-0.39, 0.29) is 0 Å². The van der Waals surface area contributed by atoms with Crippen molar-refractivity contribution in [1.82, 2.24) is 0 Å². The van der Waals surface area contributed by atoms with Gasteiger partial charge in [0.2, 0.25) is 0 Å². The van der Waals surface area contributed by atoms with E-state index in [1.165, 1.54) is 0 Å². The molecule has 2 aromatic rings. The highest BCUT2D eigenvalue weighted by Gasteiger charge is 2.02. The Morgan fingerprint density at radius 2 is 1.71 bits per heavy atom. The molecule has 0 fully saturated rings. The molecular weight excluding hydrogens is 234 g/mol. The van der Waals surface area contributed by atoms with Crippen molar-refractivity contribution in [3.8, 4) is 0 Å². The number of anilines is 1. The Labute approximate surface area is 106 Å². The molecule has 3 heteroatoms. The van der Waals surface area contributed by atoms with Crippen LogP contribution in [0.25, 0.3) is 0 Å². The van der Waals surface area contributed by atoms with Gasteiger partial charge < -0.3 is 10.5 Å². The Morgan fingerprint density at radius 3 is 2.47 bits per heavy atom. The number of benzene rings is 2. The number of halogens is 1. The fourth-order valence-corrected chi connectivity index (χ4v) is 1.75. The van der Waals surface area contributed by atoms with E-state index in [1.54, 1.807) is 6.07 Å². The van der Waals surface area contributed by atoms with E-state index in [2.05, 4.69) is 0 Å². The average molecular weight is 248 g/mol. The molecule has 2 nitrogen and oxygen atoms in total. The molecule has 0 radical (unpaired) electrons. The molecule has 0 atom stereocenters. The van der Waals surface area contributed by atoms with Crippen LogP contribution >= 0.6 is 11.6 Å². The van der Waals surface area contributed by atoms with E-state index in [0.29, 0.717) is 23.9 Å². The van der Waals surface area contributed by atoms with Crippen molar-refractivity contribution in [2.45, 2.75) is 13.2 Å². The van der Waals surface area contributed by atoms with E-state index < -0.39 is 0 Å². The highest BCUT2D eigenvalue weighted by Crippen LogP contribution is 2.23. The zero-order chi connectivity index (χ0) is 12.1. The van der Waals surface area contributed by atoms with Gasteiger partial charge in [-0.3, -0.25) is 0 Å². The summed E-state index contributed by atoms with van der Waals surface area (Å²) in [4.78, 5) is 0. The van der Waals surface area contributed by atoms with Crippen LogP contribution in [0.1, 0.15) is 11.1 Å². The predicted molar refractivity (Wildman–Crippen MR) is 70.8 cm³/mol. The largest absolute Gasteiger partial charge is 0.397 e. The molecule has 2 rings (SSSR count). The summed E-state index contributed by atoms with van der Waals surface area (Å²) in [5.41, 5.74) is 8.52. The summed E-state index contributed by atoms with van der Waals surface area (Å²) in [5.74, 6) is 0. The molecule has 88 valence electrons. The fraction of sp³-hybridized carbons (Fsp3) is 0.143. The first-order chi connectivity index (χ1) is 8.27. The second kappa shape index (κ2) is 5.71. The zero-order valence-corrected chi connectivity index (χ0v) is 10.2. The lowest BCUT2D eigenvalue weighted by Gasteiger charge is -2.08. The minimum absolute atomic E-state index is 0.473. The first-order valence-corrected chi connectivity index (χ1v) is 5.79. The molecule has 0 aliphatic carbocycles. The maximum Gasteiger partial charge on any atom is 0.0741 e. The van der Waals surface area contributed by atoms with Crippen LogP contribution in [0.2, 0.25) is 5.02 Å². The van der Waals surface area contributed by atoms with E-state index in [9.17, 15) is 0 Å². The van der Waals surface area contributed by atoms with Crippen LogP contribution in [-0.2, 0) is 18.0 Å². The lowest BCUT2D eigenvalue weighted by atomic mass is 10.2. The molecule has 0 bridgehead atoms. The Bertz CT molecular complexity index is 485. The smallest absolute Gasteiger partial charge is 0.0741 e. The van der Waals surface area contributed by atoms with Crippen molar-refractivity contribution in [1.29, 1.82) is 0 Å². The van der Waals surface area contributed by atoms with E-state index >= 15 is 0 Å². The van der Waals surface area contributed by atoms with Gasteiger partial charge >= 0.3 is 0 Å². The fourth-order valence-electron chi connectivity index (χ4n) is 1.56. The van der Waals surface area contributed by atoms with Gasteiger partial charge in [-0.25, -0.2) is 0 Å². The Kier molecular flexibility index (Phi) is 4.02. The van der Waals surface area contributed by atoms with Gasteiger partial charge in [0.05, 0.1) is 23.9 Å². The summed E-state index contributed by atoms with van der Waals surface area (Å²) in [7, 11) is 0. The van der Waals surface area contributed by atoms with Crippen molar-refractivity contribution in [3.05, 3.63) is 64.7 Å². The zero-order valence-electron chi connectivity index (χ0n) is 9.40. The molecule has 0 saturated carbocycles. The van der Waals surface area contributed by atoms with Crippen LogP contribution < -0.4 is 5.73 Å². The van der Waals surface area contributed by atoms with Crippen molar-refractivity contribution in [2.24, 2.45) is 0 Å². The Morgan fingerprint density at radius 1 is 0.941 bits per heavy atom. The SMILES string of the molecule is Nc1c(Cl)cccc1COCc1ccccc1.